The van der Waals surface area contributed by atoms with E-state index in [0.717, 1.165) is 0 Å². The second kappa shape index (κ2) is 19.2. The number of carboxylic acids is 4. The van der Waals surface area contributed by atoms with Gasteiger partial charge in [-0.15, -0.1) is 0 Å². The lowest BCUT2D eigenvalue weighted by Crippen LogP contribution is -2.33. The summed E-state index contributed by atoms with van der Waals surface area (Å²) in [6, 6.07) is -2.82. The molecular formula is C13H27N5O9S2. The van der Waals surface area contributed by atoms with Gasteiger partial charge in [0.25, 0.3) is 0 Å². The summed E-state index contributed by atoms with van der Waals surface area (Å²) in [5.41, 5.74) is 24.8. The third kappa shape index (κ3) is 25.9. The van der Waals surface area contributed by atoms with E-state index in [0.29, 0.717) is 0 Å². The molecule has 0 spiro atoms. The summed E-state index contributed by atoms with van der Waals surface area (Å²) in [5.74, 6) is -4.29. The monoisotopic (exact) mass is 461 g/mol. The van der Waals surface area contributed by atoms with E-state index in [1.54, 1.807) is 0 Å². The average Bonchev–Trinajstić information content (AvgIpc) is 2.63. The van der Waals surface area contributed by atoms with Crippen molar-refractivity contribution in [1.82, 2.24) is 0 Å². The fourth-order valence-corrected chi connectivity index (χ4v) is 3.03. The molecule has 0 heterocycles. The van der Waals surface area contributed by atoms with Gasteiger partial charge in [-0.25, -0.2) is 0 Å². The van der Waals surface area contributed by atoms with Gasteiger partial charge in [-0.2, -0.15) is 0 Å². The Hall–Kier alpha value is -2.11. The van der Waals surface area contributed by atoms with E-state index in [-0.39, 0.29) is 30.9 Å². The molecule has 0 bridgehead atoms. The van der Waals surface area contributed by atoms with Gasteiger partial charge in [-0.05, 0) is 6.42 Å². The molecule has 0 fully saturated rings. The minimum Gasteiger partial charge on any atom is -0.480 e. The third-order valence-corrected chi connectivity index (χ3v) is 4.88. The first-order valence-electron chi connectivity index (χ1n) is 7.65. The molecule has 0 aliphatic carbocycles. The van der Waals surface area contributed by atoms with Crippen LogP contribution in [0.3, 0.4) is 0 Å². The molecule has 1 amide bonds. The molecule has 3 atom stereocenters. The zero-order valence-corrected chi connectivity index (χ0v) is 16.9. The van der Waals surface area contributed by atoms with Crippen molar-refractivity contribution >= 4 is 51.4 Å². The van der Waals surface area contributed by atoms with Crippen molar-refractivity contribution in [1.29, 1.82) is 0 Å². The first kappa shape index (κ1) is 31.6. The molecule has 0 aliphatic rings. The molecule has 0 saturated heterocycles. The number of carboxylic acid groups (broad SMARTS) is 4. The largest absolute Gasteiger partial charge is 0.480 e. The van der Waals surface area contributed by atoms with Crippen molar-refractivity contribution in [2.75, 3.05) is 18.1 Å². The van der Waals surface area contributed by atoms with Gasteiger partial charge in [0.2, 0.25) is 5.91 Å². The van der Waals surface area contributed by atoms with Crippen molar-refractivity contribution in [3.63, 3.8) is 0 Å². The van der Waals surface area contributed by atoms with Crippen LogP contribution in [0.5, 0.6) is 0 Å². The number of carbonyl (C=O) groups excluding carboxylic acids is 1. The van der Waals surface area contributed by atoms with Crippen LogP contribution in [0.15, 0.2) is 0 Å². The van der Waals surface area contributed by atoms with E-state index in [1.165, 1.54) is 21.6 Å². The average molecular weight is 462 g/mol. The lowest BCUT2D eigenvalue weighted by Gasteiger charge is -2.07. The van der Waals surface area contributed by atoms with Crippen LogP contribution in [-0.4, -0.2) is 86.4 Å². The van der Waals surface area contributed by atoms with Crippen LogP contribution in [0, 0.1) is 0 Å². The van der Waals surface area contributed by atoms with Gasteiger partial charge in [-0.3, -0.25) is 24.0 Å². The smallest absolute Gasteiger partial charge is 0.321 e. The van der Waals surface area contributed by atoms with E-state index >= 15 is 0 Å². The summed E-state index contributed by atoms with van der Waals surface area (Å²) in [4.78, 5) is 49.9. The Bertz CT molecular complexity index is 517. The number of nitrogens with two attached hydrogens (primary N) is 5. The van der Waals surface area contributed by atoms with Crippen LogP contribution < -0.4 is 28.7 Å². The van der Waals surface area contributed by atoms with E-state index < -0.39 is 47.9 Å². The van der Waals surface area contributed by atoms with E-state index in [9.17, 15) is 24.0 Å². The van der Waals surface area contributed by atoms with Gasteiger partial charge in [0, 0.05) is 17.9 Å². The SMILES string of the molecule is NC(=O)CC[C@H](N)C(=O)O.NCC(=O)O.N[C@@H](CSSC[C@H](N)C(=O)O)C(=O)O. The Morgan fingerprint density at radius 2 is 1.03 bits per heavy atom. The van der Waals surface area contributed by atoms with Crippen LogP contribution in [0.2, 0.25) is 0 Å². The number of hydrogen-bond acceptors (Lipinski definition) is 11. The summed E-state index contributed by atoms with van der Waals surface area (Å²) in [7, 11) is 2.41. The Morgan fingerprint density at radius 3 is 1.24 bits per heavy atom. The van der Waals surface area contributed by atoms with Gasteiger partial charge >= 0.3 is 23.9 Å². The second-order valence-corrected chi connectivity index (χ2v) is 7.56. The van der Waals surface area contributed by atoms with Crippen LogP contribution in [0.4, 0.5) is 0 Å². The topological polar surface area (TPSA) is 296 Å². The minimum atomic E-state index is -1.11. The molecular weight excluding hydrogens is 434 g/mol. The number of primary amides is 1. The maximum atomic E-state index is 10.3. The highest BCUT2D eigenvalue weighted by Crippen LogP contribution is 2.22. The number of hydrogen-bond donors (Lipinski definition) is 9. The molecule has 0 aromatic carbocycles. The van der Waals surface area contributed by atoms with Gasteiger partial charge in [0.15, 0.2) is 0 Å². The number of rotatable bonds is 12. The van der Waals surface area contributed by atoms with Gasteiger partial charge in [-0.1, -0.05) is 21.6 Å². The zero-order valence-electron chi connectivity index (χ0n) is 15.3. The quantitative estimate of drug-likeness (QED) is 0.102. The molecule has 0 radical (unpaired) electrons. The molecule has 170 valence electrons. The Morgan fingerprint density at radius 1 is 0.724 bits per heavy atom. The highest BCUT2D eigenvalue weighted by atomic mass is 33.1. The molecule has 14 N–H and O–H groups in total. The van der Waals surface area contributed by atoms with E-state index in [1.807, 2.05) is 0 Å². The zero-order chi connectivity index (χ0) is 23.6. The highest BCUT2D eigenvalue weighted by Gasteiger charge is 2.14. The first-order valence-corrected chi connectivity index (χ1v) is 10.1. The maximum absolute atomic E-state index is 10.3. The van der Waals surface area contributed by atoms with Gasteiger partial charge in [0.1, 0.15) is 18.1 Å². The van der Waals surface area contributed by atoms with Crippen molar-refractivity contribution in [2.45, 2.75) is 31.0 Å². The predicted molar refractivity (Wildman–Crippen MR) is 107 cm³/mol. The van der Waals surface area contributed by atoms with Crippen molar-refractivity contribution in [2.24, 2.45) is 28.7 Å². The maximum Gasteiger partial charge on any atom is 0.321 e. The summed E-state index contributed by atoms with van der Waals surface area (Å²) < 4.78 is 0. The van der Waals surface area contributed by atoms with Crippen LogP contribution in [0.25, 0.3) is 0 Å². The normalized spacial score (nSPS) is 12.7. The Kier molecular flexibility index (Phi) is 20.9. The minimum absolute atomic E-state index is 0.0213. The molecule has 0 unspecified atom stereocenters. The van der Waals surface area contributed by atoms with E-state index in [2.05, 4.69) is 5.73 Å². The lowest BCUT2D eigenvalue weighted by atomic mass is 10.2. The Labute approximate surface area is 173 Å². The van der Waals surface area contributed by atoms with Gasteiger partial charge in [0.05, 0.1) is 6.54 Å². The summed E-state index contributed by atoms with van der Waals surface area (Å²) in [6.07, 6.45) is 0.123. The third-order valence-electron chi connectivity index (χ3n) is 2.41. The number of carbonyl (C=O) groups is 5. The molecule has 16 heteroatoms. The molecule has 0 rings (SSSR count). The standard InChI is InChI=1S/C6H12N2O4S2.C5H10N2O3.C2H5NO2/c7-3(5(9)10)1-13-14-2-4(8)6(11)12;6-3(5(9)10)1-2-4(7)8;3-1-2(4)5/h3-4H,1-2,7-8H2,(H,9,10)(H,11,12);3H,1-2,6H2,(H2,7,8)(H,9,10);1,3H2,(H,4,5)/t3-,4-;3-;/m00./s1. The molecule has 0 aromatic heterocycles. The molecule has 0 aliphatic heterocycles. The summed E-state index contributed by atoms with van der Waals surface area (Å²) in [6.45, 7) is -0.278. The van der Waals surface area contributed by atoms with Gasteiger partial charge < -0.3 is 49.1 Å². The predicted octanol–water partition coefficient (Wildman–Crippen LogP) is -3.11. The number of aliphatic carboxylic acids is 4. The van der Waals surface area contributed by atoms with Crippen LogP contribution >= 0.6 is 21.6 Å². The molecule has 14 nitrogen and oxygen atoms in total. The van der Waals surface area contributed by atoms with Crippen LogP contribution in [0.1, 0.15) is 12.8 Å². The summed E-state index contributed by atoms with van der Waals surface area (Å²) >= 11 is 0. The van der Waals surface area contributed by atoms with Crippen LogP contribution in [-0.2, 0) is 24.0 Å². The van der Waals surface area contributed by atoms with E-state index in [4.69, 9.17) is 43.4 Å². The lowest BCUT2D eigenvalue weighted by molar-refractivity contribution is -0.139. The number of amides is 1. The fourth-order valence-electron chi connectivity index (χ4n) is 0.807. The Balaban J connectivity index is -0.000000392. The fraction of sp³-hybridized carbons (Fsp3) is 0.615. The highest BCUT2D eigenvalue weighted by molar-refractivity contribution is 8.76. The van der Waals surface area contributed by atoms with Crippen molar-refractivity contribution < 1.29 is 44.4 Å². The van der Waals surface area contributed by atoms with Crippen molar-refractivity contribution in [3.8, 4) is 0 Å². The van der Waals surface area contributed by atoms with Crippen molar-refractivity contribution in [3.05, 3.63) is 0 Å². The molecule has 0 saturated carbocycles. The summed E-state index contributed by atoms with van der Waals surface area (Å²) in [5, 5.41) is 32.6. The molecule has 0 aromatic rings. The molecule has 29 heavy (non-hydrogen) atoms. The first-order chi connectivity index (χ1) is 13.3. The second-order valence-electron chi connectivity index (χ2n) is 5.01.